The molecule has 26 heavy (non-hydrogen) atoms. The Labute approximate surface area is 148 Å². The number of rotatable bonds is 4. The van der Waals surface area contributed by atoms with Gasteiger partial charge in [-0.2, -0.15) is 13.2 Å². The van der Waals surface area contributed by atoms with E-state index in [0.717, 1.165) is 22.9 Å². The predicted molar refractivity (Wildman–Crippen MR) is 95.2 cm³/mol. The lowest BCUT2D eigenvalue weighted by Crippen LogP contribution is -2.03. The molecule has 1 heterocycles. The maximum absolute atomic E-state index is 12.6. The van der Waals surface area contributed by atoms with Gasteiger partial charge in [-0.05, 0) is 47.4 Å². The number of halogens is 3. The molecule has 0 atom stereocenters. The lowest BCUT2D eigenvalue weighted by atomic mass is 10.1. The van der Waals surface area contributed by atoms with Crippen LogP contribution in [0.2, 0.25) is 0 Å². The molecule has 0 amide bonds. The molecule has 0 aliphatic heterocycles. The highest BCUT2D eigenvalue weighted by molar-refractivity contribution is 5.93. The molecule has 0 saturated heterocycles. The smallest absolute Gasteiger partial charge is 0.416 e. The van der Waals surface area contributed by atoms with Gasteiger partial charge in [-0.15, -0.1) is 0 Å². The van der Waals surface area contributed by atoms with Gasteiger partial charge in [-0.1, -0.05) is 18.2 Å². The normalized spacial score (nSPS) is 11.9. The number of fused-ring (bicyclic) bond motifs is 1. The molecule has 2 aromatic carbocycles. The molecule has 3 aromatic rings. The summed E-state index contributed by atoms with van der Waals surface area (Å²) in [6, 6.07) is 10.5. The minimum Gasteiger partial charge on any atom is -0.493 e. The average Bonchev–Trinajstić information content (AvgIpc) is 2.64. The largest absolute Gasteiger partial charge is 0.493 e. The maximum atomic E-state index is 12.6. The molecule has 0 spiro atoms. The van der Waals surface area contributed by atoms with Gasteiger partial charge in [0.15, 0.2) is 11.5 Å². The molecule has 0 bridgehead atoms. The molecule has 1 aromatic heterocycles. The number of methoxy groups -OCH3 is 2. The van der Waals surface area contributed by atoms with E-state index in [1.807, 2.05) is 18.2 Å². The number of alkyl halides is 3. The molecule has 0 aliphatic carbocycles. The molecule has 0 aliphatic rings. The Morgan fingerprint density at radius 2 is 1.54 bits per heavy atom. The zero-order valence-corrected chi connectivity index (χ0v) is 14.2. The van der Waals surface area contributed by atoms with E-state index in [9.17, 15) is 13.2 Å². The third-order valence-electron chi connectivity index (χ3n) is 3.97. The summed E-state index contributed by atoms with van der Waals surface area (Å²) in [5.74, 6) is 1.20. The second-order valence-corrected chi connectivity index (χ2v) is 5.58. The second-order valence-electron chi connectivity index (χ2n) is 5.58. The Bertz CT molecular complexity index is 948. The lowest BCUT2D eigenvalue weighted by Gasteiger charge is -2.10. The van der Waals surface area contributed by atoms with Crippen molar-refractivity contribution in [1.29, 1.82) is 0 Å². The summed E-state index contributed by atoms with van der Waals surface area (Å²) in [6.45, 7) is 0. The maximum Gasteiger partial charge on any atom is 0.416 e. The van der Waals surface area contributed by atoms with Gasteiger partial charge in [-0.25, -0.2) is 0 Å². The summed E-state index contributed by atoms with van der Waals surface area (Å²) >= 11 is 0. The zero-order valence-electron chi connectivity index (χ0n) is 14.2. The Kier molecular flexibility index (Phi) is 4.84. The fraction of sp³-hybridized carbons (Fsp3) is 0.150. The van der Waals surface area contributed by atoms with Gasteiger partial charge in [0.2, 0.25) is 0 Å². The Hall–Kier alpha value is -3.02. The van der Waals surface area contributed by atoms with Crippen LogP contribution in [0.15, 0.2) is 48.7 Å². The highest BCUT2D eigenvalue weighted by atomic mass is 19.4. The van der Waals surface area contributed by atoms with Crippen LogP contribution in [-0.4, -0.2) is 19.2 Å². The minimum atomic E-state index is -4.34. The highest BCUT2D eigenvalue weighted by Crippen LogP contribution is 2.33. The molecular weight excluding hydrogens is 343 g/mol. The molecule has 0 radical (unpaired) electrons. The summed E-state index contributed by atoms with van der Waals surface area (Å²) in [5, 5.41) is 1.78. The van der Waals surface area contributed by atoms with Crippen molar-refractivity contribution in [2.75, 3.05) is 14.2 Å². The summed E-state index contributed by atoms with van der Waals surface area (Å²) in [7, 11) is 3.12. The molecule has 3 nitrogen and oxygen atoms in total. The van der Waals surface area contributed by atoms with E-state index in [2.05, 4.69) is 4.98 Å². The van der Waals surface area contributed by atoms with Gasteiger partial charge in [-0.3, -0.25) is 4.98 Å². The highest BCUT2D eigenvalue weighted by Gasteiger charge is 2.29. The van der Waals surface area contributed by atoms with E-state index in [-0.39, 0.29) is 0 Å². The van der Waals surface area contributed by atoms with Gasteiger partial charge in [0.25, 0.3) is 0 Å². The molecule has 0 unspecified atom stereocenters. The van der Waals surface area contributed by atoms with Crippen LogP contribution in [-0.2, 0) is 6.18 Å². The van der Waals surface area contributed by atoms with Gasteiger partial charge in [0, 0.05) is 11.6 Å². The van der Waals surface area contributed by atoms with E-state index >= 15 is 0 Å². The third-order valence-corrected chi connectivity index (χ3v) is 3.97. The SMILES string of the molecule is COc1cc2ccnc(C=Cc3ccc(C(F)(F)F)cc3)c2cc1OC. The van der Waals surface area contributed by atoms with Crippen molar-refractivity contribution in [3.05, 3.63) is 65.5 Å². The molecule has 3 rings (SSSR count). The molecule has 0 saturated carbocycles. The Morgan fingerprint density at radius 3 is 2.15 bits per heavy atom. The molecular formula is C20H16F3NO2. The number of ether oxygens (including phenoxy) is 2. The van der Waals surface area contributed by atoms with Crippen molar-refractivity contribution >= 4 is 22.9 Å². The molecule has 0 fully saturated rings. The monoisotopic (exact) mass is 359 g/mol. The first-order chi connectivity index (χ1) is 12.4. The quantitative estimate of drug-likeness (QED) is 0.621. The van der Waals surface area contributed by atoms with Crippen molar-refractivity contribution in [2.45, 2.75) is 6.18 Å². The van der Waals surface area contributed by atoms with Crippen LogP contribution in [0.3, 0.4) is 0 Å². The van der Waals surface area contributed by atoms with Crippen LogP contribution in [0, 0.1) is 0 Å². The number of nitrogens with zero attached hydrogens (tertiary/aromatic N) is 1. The molecule has 6 heteroatoms. The third kappa shape index (κ3) is 3.64. The van der Waals surface area contributed by atoms with E-state index in [4.69, 9.17) is 9.47 Å². The van der Waals surface area contributed by atoms with E-state index in [1.165, 1.54) is 12.1 Å². The van der Waals surface area contributed by atoms with E-state index in [0.29, 0.717) is 22.8 Å². The molecule has 134 valence electrons. The van der Waals surface area contributed by atoms with Gasteiger partial charge >= 0.3 is 6.18 Å². The first kappa shape index (κ1) is 17.8. The van der Waals surface area contributed by atoms with Crippen LogP contribution < -0.4 is 9.47 Å². The van der Waals surface area contributed by atoms with Gasteiger partial charge in [0.1, 0.15) is 0 Å². The fourth-order valence-corrected chi connectivity index (χ4v) is 2.61. The minimum absolute atomic E-state index is 0.581. The average molecular weight is 359 g/mol. The Balaban J connectivity index is 1.96. The van der Waals surface area contributed by atoms with Crippen molar-refractivity contribution < 1.29 is 22.6 Å². The lowest BCUT2D eigenvalue weighted by molar-refractivity contribution is -0.137. The van der Waals surface area contributed by atoms with Crippen LogP contribution in [0.1, 0.15) is 16.8 Å². The van der Waals surface area contributed by atoms with Crippen LogP contribution in [0.5, 0.6) is 11.5 Å². The van der Waals surface area contributed by atoms with E-state index in [1.54, 1.807) is 32.6 Å². The van der Waals surface area contributed by atoms with Crippen LogP contribution in [0.25, 0.3) is 22.9 Å². The summed E-state index contributed by atoms with van der Waals surface area (Å²) in [4.78, 5) is 4.35. The number of aromatic nitrogens is 1. The van der Waals surface area contributed by atoms with E-state index < -0.39 is 11.7 Å². The Morgan fingerprint density at radius 1 is 0.885 bits per heavy atom. The van der Waals surface area contributed by atoms with Crippen LogP contribution in [0.4, 0.5) is 13.2 Å². The standard InChI is InChI=1S/C20H16F3NO2/c1-25-18-11-14-9-10-24-17(16(14)12-19(18)26-2)8-5-13-3-6-15(7-4-13)20(21,22)23/h3-12H,1-2H3. The van der Waals surface area contributed by atoms with Gasteiger partial charge < -0.3 is 9.47 Å². The number of benzene rings is 2. The number of pyridine rings is 1. The predicted octanol–water partition coefficient (Wildman–Crippen LogP) is 5.44. The first-order valence-electron chi connectivity index (χ1n) is 7.78. The first-order valence-corrected chi connectivity index (χ1v) is 7.78. The zero-order chi connectivity index (χ0) is 18.7. The second kappa shape index (κ2) is 7.07. The summed E-state index contributed by atoms with van der Waals surface area (Å²) < 4.78 is 48.5. The van der Waals surface area contributed by atoms with Crippen molar-refractivity contribution in [1.82, 2.24) is 4.98 Å². The number of hydrogen-bond acceptors (Lipinski definition) is 3. The molecule has 0 N–H and O–H groups in total. The van der Waals surface area contributed by atoms with Crippen molar-refractivity contribution in [2.24, 2.45) is 0 Å². The fourth-order valence-electron chi connectivity index (χ4n) is 2.61. The van der Waals surface area contributed by atoms with Crippen molar-refractivity contribution in [3.63, 3.8) is 0 Å². The summed E-state index contributed by atoms with van der Waals surface area (Å²) in [5.41, 5.74) is 0.662. The van der Waals surface area contributed by atoms with Gasteiger partial charge in [0.05, 0.1) is 25.5 Å². The topological polar surface area (TPSA) is 31.4 Å². The van der Waals surface area contributed by atoms with Crippen LogP contribution >= 0.6 is 0 Å². The summed E-state index contributed by atoms with van der Waals surface area (Å²) in [6.07, 6.45) is 0.811. The number of hydrogen-bond donors (Lipinski definition) is 0. The van der Waals surface area contributed by atoms with Crippen molar-refractivity contribution in [3.8, 4) is 11.5 Å².